The quantitative estimate of drug-likeness (QED) is 0.663. The Morgan fingerprint density at radius 3 is 2.26 bits per heavy atom. The molecule has 2 N–H and O–H groups in total. The van der Waals surface area contributed by atoms with E-state index in [2.05, 4.69) is 5.32 Å². The number of furan rings is 1. The summed E-state index contributed by atoms with van der Waals surface area (Å²) in [5.74, 6) is 0.551. The van der Waals surface area contributed by atoms with Crippen LogP contribution >= 0.6 is 0 Å². The molecular formula is C19H28N3O4S+. The van der Waals surface area contributed by atoms with Crippen molar-refractivity contribution in [2.24, 2.45) is 0 Å². The minimum absolute atomic E-state index is 0.00809. The SMILES string of the molecule is CCN(CC)S(=O)(=O)c1ccc(C(=O)NC[C@@H](c2ccco2)[NH+](C)C)cc1. The smallest absolute Gasteiger partial charge is 0.251 e. The monoisotopic (exact) mass is 394 g/mol. The second-order valence-electron chi connectivity index (χ2n) is 6.47. The summed E-state index contributed by atoms with van der Waals surface area (Å²) in [6.07, 6.45) is 1.61. The zero-order valence-electron chi connectivity index (χ0n) is 16.2. The Balaban J connectivity index is 2.07. The van der Waals surface area contributed by atoms with Gasteiger partial charge in [-0.1, -0.05) is 13.8 Å². The largest absolute Gasteiger partial charge is 0.463 e. The van der Waals surface area contributed by atoms with Gasteiger partial charge in [-0.3, -0.25) is 4.79 Å². The third-order valence-corrected chi connectivity index (χ3v) is 6.57. The van der Waals surface area contributed by atoms with E-state index in [-0.39, 0.29) is 16.8 Å². The summed E-state index contributed by atoms with van der Waals surface area (Å²) in [5, 5.41) is 2.89. The molecule has 0 saturated carbocycles. The standard InChI is InChI=1S/C19H27N3O4S/c1-5-22(6-2)27(24,25)16-11-9-15(10-12-16)19(23)20-14-17(21(3)4)18-8-7-13-26-18/h7-13,17H,5-6,14H2,1-4H3,(H,20,23)/p+1/t17-/m0/s1. The number of carbonyl (C=O) groups is 1. The van der Waals surface area contributed by atoms with Crippen molar-refractivity contribution in [2.45, 2.75) is 24.8 Å². The summed E-state index contributed by atoms with van der Waals surface area (Å²) < 4.78 is 31.9. The van der Waals surface area contributed by atoms with Gasteiger partial charge in [0.15, 0.2) is 11.8 Å². The second kappa shape index (κ2) is 9.16. The average molecular weight is 395 g/mol. The van der Waals surface area contributed by atoms with Gasteiger partial charge in [-0.05, 0) is 36.4 Å². The summed E-state index contributed by atoms with van der Waals surface area (Å²) in [7, 11) is 0.460. The molecule has 148 valence electrons. The van der Waals surface area contributed by atoms with Gasteiger partial charge in [-0.25, -0.2) is 8.42 Å². The van der Waals surface area contributed by atoms with E-state index < -0.39 is 10.0 Å². The number of quaternary nitrogens is 1. The Morgan fingerprint density at radius 2 is 1.78 bits per heavy atom. The molecule has 0 aliphatic heterocycles. The van der Waals surface area contributed by atoms with Gasteiger partial charge in [0, 0.05) is 18.7 Å². The maximum absolute atomic E-state index is 12.5. The summed E-state index contributed by atoms with van der Waals surface area (Å²) in [6.45, 7) is 4.81. The lowest BCUT2D eigenvalue weighted by atomic mass is 10.2. The topological polar surface area (TPSA) is 84.1 Å². The van der Waals surface area contributed by atoms with Crippen LogP contribution in [0, 0.1) is 0 Å². The molecule has 0 spiro atoms. The van der Waals surface area contributed by atoms with Crippen LogP contribution in [-0.4, -0.2) is 52.4 Å². The summed E-state index contributed by atoms with van der Waals surface area (Å²) in [5.41, 5.74) is 0.417. The first-order chi connectivity index (χ1) is 12.8. The molecule has 0 aliphatic rings. The van der Waals surface area contributed by atoms with Gasteiger partial charge in [-0.2, -0.15) is 4.31 Å². The van der Waals surface area contributed by atoms with Crippen LogP contribution < -0.4 is 10.2 Å². The number of hydrogen-bond donors (Lipinski definition) is 2. The highest BCUT2D eigenvalue weighted by atomic mass is 32.2. The van der Waals surface area contributed by atoms with Crippen LogP contribution in [-0.2, 0) is 10.0 Å². The number of nitrogens with one attached hydrogen (secondary N) is 2. The molecule has 1 amide bonds. The predicted molar refractivity (Wildman–Crippen MR) is 103 cm³/mol. The van der Waals surface area contributed by atoms with E-state index in [1.165, 1.54) is 28.6 Å². The molecule has 1 atom stereocenters. The molecule has 0 radical (unpaired) electrons. The van der Waals surface area contributed by atoms with Crippen LogP contribution in [0.25, 0.3) is 0 Å². The van der Waals surface area contributed by atoms with Crippen LogP contribution in [0.5, 0.6) is 0 Å². The molecule has 1 aromatic carbocycles. The van der Waals surface area contributed by atoms with Crippen molar-refractivity contribution in [1.82, 2.24) is 9.62 Å². The maximum atomic E-state index is 12.5. The zero-order chi connectivity index (χ0) is 20.0. The van der Waals surface area contributed by atoms with Gasteiger partial charge in [0.25, 0.3) is 5.91 Å². The van der Waals surface area contributed by atoms with Crippen molar-refractivity contribution < 1.29 is 22.5 Å². The summed E-state index contributed by atoms with van der Waals surface area (Å²) in [6, 6.07) is 9.73. The lowest BCUT2D eigenvalue weighted by Crippen LogP contribution is -3.07. The molecule has 0 saturated heterocycles. The van der Waals surface area contributed by atoms with E-state index in [0.29, 0.717) is 25.2 Å². The fourth-order valence-corrected chi connectivity index (χ4v) is 4.32. The lowest BCUT2D eigenvalue weighted by Gasteiger charge is -2.20. The van der Waals surface area contributed by atoms with Crippen molar-refractivity contribution in [3.63, 3.8) is 0 Å². The van der Waals surface area contributed by atoms with Crippen LogP contribution in [0.1, 0.15) is 36.0 Å². The molecule has 1 heterocycles. The van der Waals surface area contributed by atoms with E-state index in [1.807, 2.05) is 26.2 Å². The number of hydrogen-bond acceptors (Lipinski definition) is 4. The van der Waals surface area contributed by atoms with Crippen molar-refractivity contribution in [1.29, 1.82) is 0 Å². The molecule has 27 heavy (non-hydrogen) atoms. The van der Waals surface area contributed by atoms with Crippen molar-refractivity contribution in [3.05, 3.63) is 54.0 Å². The molecule has 0 fully saturated rings. The molecule has 1 aromatic heterocycles. The van der Waals surface area contributed by atoms with Crippen LogP contribution in [0.4, 0.5) is 0 Å². The number of nitrogens with zero attached hydrogens (tertiary/aromatic N) is 1. The van der Waals surface area contributed by atoms with Crippen LogP contribution in [0.3, 0.4) is 0 Å². The molecule has 7 nitrogen and oxygen atoms in total. The minimum Gasteiger partial charge on any atom is -0.463 e. The van der Waals surface area contributed by atoms with E-state index in [0.717, 1.165) is 10.7 Å². The van der Waals surface area contributed by atoms with Gasteiger partial charge in [-0.15, -0.1) is 0 Å². The van der Waals surface area contributed by atoms with E-state index >= 15 is 0 Å². The van der Waals surface area contributed by atoms with Crippen molar-refractivity contribution in [2.75, 3.05) is 33.7 Å². The second-order valence-corrected chi connectivity index (χ2v) is 8.41. The Labute approximate surface area is 161 Å². The number of sulfonamides is 1. The fourth-order valence-electron chi connectivity index (χ4n) is 2.87. The Morgan fingerprint density at radius 1 is 1.15 bits per heavy atom. The normalized spacial score (nSPS) is 13.1. The third-order valence-electron chi connectivity index (χ3n) is 4.51. The molecule has 0 bridgehead atoms. The third kappa shape index (κ3) is 4.97. The Kier molecular flexibility index (Phi) is 7.18. The van der Waals surface area contributed by atoms with Crippen molar-refractivity contribution in [3.8, 4) is 0 Å². The van der Waals surface area contributed by atoms with E-state index in [4.69, 9.17) is 4.42 Å². The highest BCUT2D eigenvalue weighted by molar-refractivity contribution is 7.89. The molecule has 8 heteroatoms. The Bertz CT molecular complexity index is 826. The summed E-state index contributed by atoms with van der Waals surface area (Å²) >= 11 is 0. The van der Waals surface area contributed by atoms with Gasteiger partial charge in [0.05, 0.1) is 31.8 Å². The van der Waals surface area contributed by atoms with Gasteiger partial charge in [0.2, 0.25) is 10.0 Å². The van der Waals surface area contributed by atoms with Gasteiger partial charge < -0.3 is 14.6 Å². The highest BCUT2D eigenvalue weighted by Gasteiger charge is 2.23. The first-order valence-electron chi connectivity index (χ1n) is 9.03. The molecular weight excluding hydrogens is 366 g/mol. The zero-order valence-corrected chi connectivity index (χ0v) is 17.0. The van der Waals surface area contributed by atoms with E-state index in [1.54, 1.807) is 20.1 Å². The Hall–Kier alpha value is -2.16. The van der Waals surface area contributed by atoms with Gasteiger partial charge >= 0.3 is 0 Å². The number of amides is 1. The number of benzene rings is 1. The first kappa shape index (κ1) is 21.1. The van der Waals surface area contributed by atoms with Crippen LogP contribution in [0.2, 0.25) is 0 Å². The van der Waals surface area contributed by atoms with E-state index in [9.17, 15) is 13.2 Å². The van der Waals surface area contributed by atoms with Gasteiger partial charge in [0.1, 0.15) is 0 Å². The number of rotatable bonds is 9. The average Bonchev–Trinajstić information content (AvgIpc) is 3.16. The lowest BCUT2D eigenvalue weighted by molar-refractivity contribution is -0.891. The molecule has 2 rings (SSSR count). The maximum Gasteiger partial charge on any atom is 0.251 e. The fraction of sp³-hybridized carbons (Fsp3) is 0.421. The molecule has 0 aliphatic carbocycles. The highest BCUT2D eigenvalue weighted by Crippen LogP contribution is 2.16. The molecule has 0 unspecified atom stereocenters. The molecule has 2 aromatic rings. The summed E-state index contributed by atoms with van der Waals surface area (Å²) in [4.78, 5) is 13.8. The van der Waals surface area contributed by atoms with Crippen molar-refractivity contribution >= 4 is 15.9 Å². The minimum atomic E-state index is -3.52. The van der Waals surface area contributed by atoms with Crippen LogP contribution in [0.15, 0.2) is 52.0 Å². The number of carbonyl (C=O) groups excluding carboxylic acids is 1. The predicted octanol–water partition coefficient (Wildman–Crippen LogP) is 0.926. The first-order valence-corrected chi connectivity index (χ1v) is 10.5. The number of likely N-dealkylation sites (N-methyl/N-ethyl adjacent to an activating group) is 1.